The van der Waals surface area contributed by atoms with E-state index in [1.165, 1.54) is 0 Å². The number of benzene rings is 9. The third-order valence-electron chi connectivity index (χ3n) is 13.0. The van der Waals surface area contributed by atoms with Crippen molar-refractivity contribution in [2.24, 2.45) is 0 Å². The predicted octanol–water partition coefficient (Wildman–Crippen LogP) is 15.9. The molecule has 68 heavy (non-hydrogen) atoms. The lowest BCUT2D eigenvalue weighted by Gasteiger charge is -2.22. The van der Waals surface area contributed by atoms with E-state index in [2.05, 4.69) is 147 Å². The van der Waals surface area contributed by atoms with Gasteiger partial charge in [-0.25, -0.2) is 9.83 Å². The van der Waals surface area contributed by atoms with Crippen LogP contribution in [0, 0.1) is 29.2 Å². The first-order valence-electron chi connectivity index (χ1n) is 22.3. The van der Waals surface area contributed by atoms with E-state index < -0.39 is 0 Å². The first kappa shape index (κ1) is 39.8. The number of nitriles is 2. The Bertz CT molecular complexity index is 3830. The van der Waals surface area contributed by atoms with Gasteiger partial charge < -0.3 is 9.13 Å². The minimum Gasteiger partial charge on any atom is -0.308 e. The van der Waals surface area contributed by atoms with Crippen LogP contribution >= 0.6 is 0 Å². The molecule has 0 aliphatic heterocycles. The maximum atomic E-state index is 11.1. The Morgan fingerprint density at radius 1 is 0.368 bits per heavy atom. The van der Waals surface area contributed by atoms with Gasteiger partial charge in [-0.05, 0) is 88.5 Å². The maximum absolute atomic E-state index is 11.1. The quantitative estimate of drug-likeness (QED) is 0.150. The summed E-state index contributed by atoms with van der Waals surface area (Å²) >= 11 is 0. The molecular weight excluding hydrogens is 829 g/mol. The molecule has 0 saturated carbocycles. The molecule has 0 radical (unpaired) electrons. The molecule has 12 aromatic rings. The average Bonchev–Trinajstić information content (AvgIpc) is 3.93. The molecule has 3 aromatic heterocycles. The Labute approximate surface area is 392 Å². The van der Waals surface area contributed by atoms with Gasteiger partial charge in [0.05, 0.1) is 74.7 Å². The van der Waals surface area contributed by atoms with Crippen molar-refractivity contribution in [3.63, 3.8) is 0 Å². The van der Waals surface area contributed by atoms with E-state index in [4.69, 9.17) is 11.6 Å². The van der Waals surface area contributed by atoms with Crippen LogP contribution in [0.5, 0.6) is 0 Å². The molecular formula is C62H36N6. The number of aromatic nitrogens is 3. The second-order valence-electron chi connectivity index (χ2n) is 16.9. The molecule has 12 rings (SSSR count). The summed E-state index contributed by atoms with van der Waals surface area (Å²) in [5.41, 5.74) is 16.8. The summed E-state index contributed by atoms with van der Waals surface area (Å²) < 4.78 is 4.64. The Morgan fingerprint density at radius 3 is 1.26 bits per heavy atom. The van der Waals surface area contributed by atoms with Crippen LogP contribution < -0.4 is 0 Å². The van der Waals surface area contributed by atoms with Gasteiger partial charge in [-0.1, -0.05) is 158 Å². The summed E-state index contributed by atoms with van der Waals surface area (Å²) in [6.07, 6.45) is 0. The smallest absolute Gasteiger partial charge is 0.187 e. The zero-order valence-corrected chi connectivity index (χ0v) is 36.5. The molecule has 0 N–H and O–H groups in total. The van der Waals surface area contributed by atoms with E-state index in [-0.39, 0.29) is 0 Å². The molecule has 6 heteroatoms. The third kappa shape index (κ3) is 6.67. The van der Waals surface area contributed by atoms with Gasteiger partial charge in [0.1, 0.15) is 0 Å². The van der Waals surface area contributed by atoms with Gasteiger partial charge in [0.15, 0.2) is 5.69 Å². The zero-order valence-electron chi connectivity index (χ0n) is 36.5. The summed E-state index contributed by atoms with van der Waals surface area (Å²) in [4.78, 5) is 8.97. The van der Waals surface area contributed by atoms with Crippen molar-refractivity contribution in [1.29, 1.82) is 10.5 Å². The van der Waals surface area contributed by atoms with E-state index in [9.17, 15) is 10.5 Å². The molecule has 314 valence electrons. The lowest BCUT2D eigenvalue weighted by atomic mass is 9.95. The van der Waals surface area contributed by atoms with Crippen LogP contribution in [0.25, 0.3) is 116 Å². The fourth-order valence-corrected chi connectivity index (χ4v) is 9.80. The van der Waals surface area contributed by atoms with Crippen molar-refractivity contribution in [3.05, 3.63) is 241 Å². The number of pyridine rings is 1. The standard InChI is InChI=1S/C62H36N6/c1-65-49-28-24-43(25-29-49)47-27-31-53-51-17-9-11-19-57(51)68(59(53)37-47)61-33-41(39-64)32-60(62(61)48-34-54(44-12-4-2-5-13-44)66-55(35-48)45-14-6-3-7-15-45)67-56-18-10-8-16-50(56)52-30-26-46(36-58(52)67)42-22-20-40(38-63)21-23-42/h2-37H. The van der Waals surface area contributed by atoms with Crippen LogP contribution in [-0.4, -0.2) is 14.1 Å². The van der Waals surface area contributed by atoms with Crippen molar-refractivity contribution in [2.45, 2.75) is 0 Å². The van der Waals surface area contributed by atoms with Crippen LogP contribution in [0.1, 0.15) is 11.1 Å². The van der Waals surface area contributed by atoms with Crippen LogP contribution in [-0.2, 0) is 0 Å². The van der Waals surface area contributed by atoms with Crippen molar-refractivity contribution >= 4 is 49.3 Å². The summed E-state index contributed by atoms with van der Waals surface area (Å²) in [5.74, 6) is 0. The lowest BCUT2D eigenvalue weighted by molar-refractivity contribution is 1.13. The highest BCUT2D eigenvalue weighted by atomic mass is 15.0. The van der Waals surface area contributed by atoms with E-state index in [1.807, 2.05) is 97.1 Å². The molecule has 0 fully saturated rings. The minimum atomic E-state index is 0.505. The highest BCUT2D eigenvalue weighted by Crippen LogP contribution is 2.45. The van der Waals surface area contributed by atoms with Crippen molar-refractivity contribution in [3.8, 4) is 79.4 Å². The monoisotopic (exact) mass is 864 g/mol. The van der Waals surface area contributed by atoms with Crippen LogP contribution in [0.15, 0.2) is 218 Å². The normalized spacial score (nSPS) is 11.2. The SMILES string of the molecule is [C-]#[N+]c1ccc(-c2ccc3c4ccccc4n(-c4cc(C#N)cc(-n5c6ccccc6c6ccc(-c7ccc(C#N)cc7)cc65)c4-c4cc(-c5ccccc5)nc(-c5ccccc5)c4)c3c2)cc1. The maximum Gasteiger partial charge on any atom is 0.187 e. The zero-order chi connectivity index (χ0) is 45.7. The molecule has 0 unspecified atom stereocenters. The summed E-state index contributed by atoms with van der Waals surface area (Å²) in [7, 11) is 0. The van der Waals surface area contributed by atoms with Crippen LogP contribution in [0.4, 0.5) is 5.69 Å². The van der Waals surface area contributed by atoms with Gasteiger partial charge in [0.25, 0.3) is 0 Å². The first-order chi connectivity index (χ1) is 33.6. The van der Waals surface area contributed by atoms with E-state index in [1.54, 1.807) is 0 Å². The van der Waals surface area contributed by atoms with Crippen molar-refractivity contribution in [2.75, 3.05) is 0 Å². The molecule has 0 bridgehead atoms. The van der Waals surface area contributed by atoms with Gasteiger partial charge in [-0.2, -0.15) is 10.5 Å². The average molecular weight is 865 g/mol. The van der Waals surface area contributed by atoms with Crippen molar-refractivity contribution in [1.82, 2.24) is 14.1 Å². The molecule has 0 aliphatic carbocycles. The summed E-state index contributed by atoms with van der Waals surface area (Å²) in [6.45, 7) is 7.57. The number of hydrogen-bond acceptors (Lipinski definition) is 3. The van der Waals surface area contributed by atoms with E-state index >= 15 is 0 Å². The fourth-order valence-electron chi connectivity index (χ4n) is 9.80. The second kappa shape index (κ2) is 16.3. The number of hydrogen-bond donors (Lipinski definition) is 0. The van der Waals surface area contributed by atoms with Gasteiger partial charge in [-0.3, -0.25) is 0 Å². The predicted molar refractivity (Wildman–Crippen MR) is 276 cm³/mol. The Hall–Kier alpha value is -9.80. The van der Waals surface area contributed by atoms with Gasteiger partial charge >= 0.3 is 0 Å². The fraction of sp³-hybridized carbons (Fsp3) is 0. The molecule has 0 spiro atoms. The highest BCUT2D eigenvalue weighted by Gasteiger charge is 2.25. The largest absolute Gasteiger partial charge is 0.308 e. The number of nitrogens with zero attached hydrogens (tertiary/aromatic N) is 6. The first-order valence-corrected chi connectivity index (χ1v) is 22.3. The Morgan fingerprint density at radius 2 is 0.794 bits per heavy atom. The van der Waals surface area contributed by atoms with E-state index in [0.29, 0.717) is 16.8 Å². The molecule has 3 heterocycles. The van der Waals surface area contributed by atoms with Crippen LogP contribution in [0.3, 0.4) is 0 Å². The van der Waals surface area contributed by atoms with E-state index in [0.717, 1.165) is 111 Å². The molecule has 0 atom stereocenters. The molecule has 0 saturated heterocycles. The molecule has 0 aliphatic rings. The second-order valence-corrected chi connectivity index (χ2v) is 16.9. The number of para-hydroxylation sites is 2. The van der Waals surface area contributed by atoms with Gasteiger partial charge in [-0.15, -0.1) is 0 Å². The molecule has 0 amide bonds. The summed E-state index contributed by atoms with van der Waals surface area (Å²) in [5, 5.41) is 25.1. The highest BCUT2D eigenvalue weighted by molar-refractivity contribution is 6.13. The number of fused-ring (bicyclic) bond motifs is 6. The lowest BCUT2D eigenvalue weighted by Crippen LogP contribution is -2.06. The van der Waals surface area contributed by atoms with Crippen molar-refractivity contribution < 1.29 is 0 Å². The molecule has 6 nitrogen and oxygen atoms in total. The van der Waals surface area contributed by atoms with Crippen LogP contribution in [0.2, 0.25) is 0 Å². The summed E-state index contributed by atoms with van der Waals surface area (Å²) in [6, 6.07) is 79.3. The Kier molecular flexibility index (Phi) is 9.55. The topological polar surface area (TPSA) is 74.7 Å². The third-order valence-corrected chi connectivity index (χ3v) is 13.0. The molecule has 9 aromatic carbocycles. The van der Waals surface area contributed by atoms with Gasteiger partial charge in [0, 0.05) is 38.2 Å². The number of rotatable bonds is 7. The Balaban J connectivity index is 1.24. The van der Waals surface area contributed by atoms with Gasteiger partial charge in [0.2, 0.25) is 0 Å². The minimum absolute atomic E-state index is 0.505.